The summed E-state index contributed by atoms with van der Waals surface area (Å²) in [5.41, 5.74) is 0.137. The second kappa shape index (κ2) is 5.79. The Morgan fingerprint density at radius 2 is 1.57 bits per heavy atom. The zero-order chi connectivity index (χ0) is 11.2. The highest BCUT2D eigenvalue weighted by atomic mass is 32.5. The molecule has 0 spiro atoms. The predicted octanol–water partition coefficient (Wildman–Crippen LogP) is 0.783. The van der Waals surface area contributed by atoms with Crippen molar-refractivity contribution in [1.82, 2.24) is 0 Å². The van der Waals surface area contributed by atoms with Gasteiger partial charge in [-0.05, 0) is 11.8 Å². The van der Waals surface area contributed by atoms with Gasteiger partial charge in [-0.25, -0.2) is 0 Å². The van der Waals surface area contributed by atoms with Crippen molar-refractivity contribution in [2.75, 3.05) is 0 Å². The van der Waals surface area contributed by atoms with Crippen molar-refractivity contribution in [1.29, 1.82) is 0 Å². The molecule has 14 heavy (non-hydrogen) atoms. The highest BCUT2D eigenvalue weighted by Crippen LogP contribution is 2.26. The van der Waals surface area contributed by atoms with Crippen LogP contribution in [0.15, 0.2) is 30.3 Å². The molecule has 0 atom stereocenters. The number of benzene rings is 1. The molecule has 8 heteroatoms. The van der Waals surface area contributed by atoms with Gasteiger partial charge in [-0.1, -0.05) is 18.2 Å². The van der Waals surface area contributed by atoms with Crippen molar-refractivity contribution < 1.29 is 19.6 Å². The summed E-state index contributed by atoms with van der Waals surface area (Å²) in [4.78, 5) is 32.3. The van der Waals surface area contributed by atoms with Crippen molar-refractivity contribution in [3.05, 3.63) is 40.4 Å². The maximum Gasteiger partial charge on any atom is 0.319 e. The van der Waals surface area contributed by atoms with Gasteiger partial charge < -0.3 is 14.7 Å². The minimum absolute atomic E-state index is 0.137. The first-order valence-electron chi connectivity index (χ1n) is 3.28. The summed E-state index contributed by atoms with van der Waals surface area (Å²) in [6.07, 6.45) is 0. The van der Waals surface area contributed by atoms with E-state index >= 15 is 0 Å². The third-order valence-electron chi connectivity index (χ3n) is 0.967. The van der Waals surface area contributed by atoms with E-state index in [2.05, 4.69) is 11.8 Å². The van der Waals surface area contributed by atoms with Crippen LogP contribution in [-0.4, -0.2) is 19.6 Å². The van der Waals surface area contributed by atoms with Crippen LogP contribution in [0.2, 0.25) is 0 Å². The summed E-state index contributed by atoms with van der Waals surface area (Å²) in [6.45, 7) is -3.81. The van der Waals surface area contributed by atoms with Gasteiger partial charge in [0.1, 0.15) is 0 Å². The lowest BCUT2D eigenvalue weighted by molar-refractivity contribution is -0.384. The molecule has 0 aliphatic carbocycles. The summed E-state index contributed by atoms with van der Waals surface area (Å²) >= 11 is 3.60. The van der Waals surface area contributed by atoms with Gasteiger partial charge in [0.2, 0.25) is 0 Å². The van der Waals surface area contributed by atoms with Gasteiger partial charge >= 0.3 is 6.72 Å². The van der Waals surface area contributed by atoms with E-state index in [0.29, 0.717) is 0 Å². The lowest BCUT2D eigenvalue weighted by atomic mass is 10.3. The third-order valence-corrected chi connectivity index (χ3v) is 0.967. The van der Waals surface area contributed by atoms with Gasteiger partial charge in [-0.2, -0.15) is 0 Å². The van der Waals surface area contributed by atoms with Crippen LogP contribution in [0.3, 0.4) is 0 Å². The van der Waals surface area contributed by atoms with Crippen LogP contribution in [0.25, 0.3) is 0 Å². The number of rotatable bonds is 1. The van der Waals surface area contributed by atoms with Gasteiger partial charge in [-0.3, -0.25) is 10.1 Å². The van der Waals surface area contributed by atoms with Crippen LogP contribution >= 0.6 is 6.72 Å². The molecule has 0 saturated heterocycles. The van der Waals surface area contributed by atoms with Crippen molar-refractivity contribution in [3.8, 4) is 0 Å². The zero-order valence-electron chi connectivity index (χ0n) is 6.85. The van der Waals surface area contributed by atoms with E-state index in [4.69, 9.17) is 14.7 Å². The molecule has 6 nitrogen and oxygen atoms in total. The van der Waals surface area contributed by atoms with E-state index in [-0.39, 0.29) is 5.69 Å². The smallest absolute Gasteiger partial charge is 0.319 e. The van der Waals surface area contributed by atoms with Crippen molar-refractivity contribution in [2.45, 2.75) is 0 Å². The fourth-order valence-corrected chi connectivity index (χ4v) is 0.550. The number of para-hydroxylation sites is 1. The highest BCUT2D eigenvalue weighted by Gasteiger charge is 1.98. The third kappa shape index (κ3) is 9.24. The van der Waals surface area contributed by atoms with Gasteiger partial charge in [0.05, 0.1) is 4.92 Å². The molecular formula is C6H8NO5PS. The molecule has 0 amide bonds. The fraction of sp³-hybridized carbons (Fsp3) is 0. The maximum absolute atomic E-state index is 10.0. The normalized spacial score (nSPS) is 9.93. The molecule has 0 fully saturated rings. The molecule has 1 aromatic carbocycles. The van der Waals surface area contributed by atoms with Crippen LogP contribution in [-0.2, 0) is 11.8 Å². The molecule has 0 aromatic heterocycles. The van der Waals surface area contributed by atoms with E-state index in [0.717, 1.165) is 0 Å². The maximum atomic E-state index is 10.0. The van der Waals surface area contributed by atoms with Crippen LogP contribution in [0.1, 0.15) is 0 Å². The van der Waals surface area contributed by atoms with Crippen molar-refractivity contribution >= 4 is 24.2 Å². The Bertz CT molecular complexity index is 329. The molecule has 78 valence electrons. The van der Waals surface area contributed by atoms with E-state index in [1.165, 1.54) is 12.1 Å². The number of nitrogens with zero attached hydrogens (tertiary/aromatic N) is 1. The van der Waals surface area contributed by atoms with Gasteiger partial charge in [0, 0.05) is 12.1 Å². The van der Waals surface area contributed by atoms with Gasteiger partial charge in [0.25, 0.3) is 5.69 Å². The molecule has 0 bridgehead atoms. The van der Waals surface area contributed by atoms with E-state index in [9.17, 15) is 10.1 Å². The first-order chi connectivity index (χ1) is 6.30. The SMILES string of the molecule is O=[N+]([O-])c1ccccc1.OP(O)(O)=S. The average Bonchev–Trinajstić information content (AvgIpc) is 2.03. The Balaban J connectivity index is 0.000000292. The van der Waals surface area contributed by atoms with Crippen LogP contribution in [0, 0.1) is 10.1 Å². The summed E-state index contributed by atoms with van der Waals surface area (Å²) in [6, 6.07) is 7.93. The Morgan fingerprint density at radius 3 is 1.79 bits per heavy atom. The molecule has 0 radical (unpaired) electrons. The first-order valence-corrected chi connectivity index (χ1v) is 5.94. The van der Waals surface area contributed by atoms with Crippen molar-refractivity contribution in [2.24, 2.45) is 0 Å². The zero-order valence-corrected chi connectivity index (χ0v) is 8.56. The molecule has 0 unspecified atom stereocenters. The predicted molar refractivity (Wildman–Crippen MR) is 54.0 cm³/mol. The molecule has 1 rings (SSSR count). The van der Waals surface area contributed by atoms with E-state index < -0.39 is 11.6 Å². The summed E-state index contributed by atoms with van der Waals surface area (Å²) in [7, 11) is 0. The Hall–Kier alpha value is -0.850. The summed E-state index contributed by atoms with van der Waals surface area (Å²) < 4.78 is 0. The van der Waals surface area contributed by atoms with E-state index in [1.54, 1.807) is 18.2 Å². The molecule has 1 aromatic rings. The Morgan fingerprint density at radius 1 is 1.21 bits per heavy atom. The minimum Gasteiger partial charge on any atom is -0.325 e. The van der Waals surface area contributed by atoms with Crippen LogP contribution in [0.4, 0.5) is 5.69 Å². The standard InChI is InChI=1S/C6H5NO2.H3O3PS/c8-7(9)6-4-2-1-3-5-6;1-4(2,3)5/h1-5H;(H3,1,2,3,5). The lowest BCUT2D eigenvalue weighted by Crippen LogP contribution is -1.84. The second-order valence-corrected chi connectivity index (χ2v) is 4.60. The van der Waals surface area contributed by atoms with Crippen LogP contribution < -0.4 is 0 Å². The lowest BCUT2D eigenvalue weighted by Gasteiger charge is -1.88. The number of nitro groups is 1. The molecular weight excluding hydrogens is 229 g/mol. The molecule has 0 saturated carbocycles. The Kier molecular flexibility index (Phi) is 5.44. The summed E-state index contributed by atoms with van der Waals surface area (Å²) in [5.74, 6) is 0. The minimum atomic E-state index is -3.81. The quantitative estimate of drug-likeness (QED) is 0.379. The number of nitro benzene ring substituents is 1. The Labute approximate surface area is 84.9 Å². The van der Waals surface area contributed by atoms with Crippen LogP contribution in [0.5, 0.6) is 0 Å². The van der Waals surface area contributed by atoms with E-state index in [1.807, 2.05) is 0 Å². The van der Waals surface area contributed by atoms with Gasteiger partial charge in [0.15, 0.2) is 0 Å². The number of hydrogen-bond donors (Lipinski definition) is 3. The number of hydrogen-bond acceptors (Lipinski definition) is 3. The molecule has 0 aliphatic heterocycles. The average molecular weight is 237 g/mol. The first kappa shape index (κ1) is 13.2. The molecule has 0 aliphatic rings. The molecule has 0 heterocycles. The van der Waals surface area contributed by atoms with Crippen molar-refractivity contribution in [3.63, 3.8) is 0 Å². The monoisotopic (exact) mass is 237 g/mol. The topological polar surface area (TPSA) is 104 Å². The fourth-order valence-electron chi connectivity index (χ4n) is 0.550. The largest absolute Gasteiger partial charge is 0.325 e. The van der Waals surface area contributed by atoms with Gasteiger partial charge in [-0.15, -0.1) is 0 Å². The second-order valence-electron chi connectivity index (χ2n) is 2.11. The summed E-state index contributed by atoms with van der Waals surface area (Å²) in [5, 5.41) is 10.0. The number of non-ortho nitro benzene ring substituents is 1. The molecule has 3 N–H and O–H groups in total. The highest BCUT2D eigenvalue weighted by molar-refractivity contribution is 8.06.